The van der Waals surface area contributed by atoms with E-state index in [1.54, 1.807) is 6.07 Å². The number of alkyl halides is 3. The summed E-state index contributed by atoms with van der Waals surface area (Å²) in [5, 5.41) is 0. The van der Waals surface area contributed by atoms with E-state index in [2.05, 4.69) is 4.74 Å². The molecule has 0 saturated heterocycles. The third kappa shape index (κ3) is 4.55. The zero-order valence-corrected chi connectivity index (χ0v) is 14.5. The Morgan fingerprint density at radius 2 is 1.56 bits per heavy atom. The van der Waals surface area contributed by atoms with E-state index in [1.807, 2.05) is 0 Å². The van der Waals surface area contributed by atoms with Crippen LogP contribution in [0.5, 0.6) is 5.75 Å². The van der Waals surface area contributed by atoms with Gasteiger partial charge in [-0.2, -0.15) is 13.2 Å². The van der Waals surface area contributed by atoms with Crippen LogP contribution in [0.3, 0.4) is 0 Å². The van der Waals surface area contributed by atoms with Gasteiger partial charge in [-0.15, -0.1) is 0 Å². The van der Waals surface area contributed by atoms with Gasteiger partial charge in [-0.3, -0.25) is 4.90 Å². The number of nitrogens with zero attached hydrogens (tertiary/aromatic N) is 1. The molecular weight excluding hydrogens is 343 g/mol. The monoisotopic (exact) mass is 363 g/mol. The molecule has 140 valence electrons. The lowest BCUT2D eigenvalue weighted by molar-refractivity contribution is -0.288. The van der Waals surface area contributed by atoms with Crippen molar-refractivity contribution in [3.05, 3.63) is 30.3 Å². The number of carbonyl (C=O) groups excluding carboxylic acids is 2. The fourth-order valence-electron chi connectivity index (χ4n) is 1.87. The minimum absolute atomic E-state index is 0.0388. The number of amides is 1. The molecule has 0 aliphatic heterocycles. The molecule has 0 fully saturated rings. The summed E-state index contributed by atoms with van der Waals surface area (Å²) in [6.07, 6.45) is -6.70. The van der Waals surface area contributed by atoms with Crippen LogP contribution in [0, 0.1) is 0 Å². The first-order valence-electron chi connectivity index (χ1n) is 7.21. The van der Waals surface area contributed by atoms with Crippen LogP contribution in [0.25, 0.3) is 0 Å². The van der Waals surface area contributed by atoms with Crippen LogP contribution < -0.4 is 4.74 Å². The Balaban J connectivity index is 3.43. The number of hydrogen-bond donors (Lipinski definition) is 0. The molecule has 0 aliphatic rings. The second kappa shape index (κ2) is 7.20. The van der Waals surface area contributed by atoms with Gasteiger partial charge in [-0.25, -0.2) is 9.59 Å². The van der Waals surface area contributed by atoms with Gasteiger partial charge in [-0.05, 0) is 32.9 Å². The quantitative estimate of drug-likeness (QED) is 0.606. The predicted octanol–water partition coefficient (Wildman–Crippen LogP) is 3.36. The van der Waals surface area contributed by atoms with E-state index in [-0.39, 0.29) is 10.6 Å². The Bertz CT molecular complexity index is 612. The average molecular weight is 363 g/mol. The van der Waals surface area contributed by atoms with E-state index in [4.69, 9.17) is 9.47 Å². The predicted molar refractivity (Wildman–Crippen MR) is 81.9 cm³/mol. The van der Waals surface area contributed by atoms with Crippen molar-refractivity contribution in [3.63, 3.8) is 0 Å². The van der Waals surface area contributed by atoms with Crippen LogP contribution in [-0.2, 0) is 14.3 Å². The first kappa shape index (κ1) is 20.6. The van der Waals surface area contributed by atoms with Crippen molar-refractivity contribution in [1.82, 2.24) is 4.90 Å². The summed E-state index contributed by atoms with van der Waals surface area (Å²) in [5.74, 6) is -2.09. The van der Waals surface area contributed by atoms with E-state index in [9.17, 15) is 22.8 Å². The van der Waals surface area contributed by atoms with Gasteiger partial charge in [-0.1, -0.05) is 18.2 Å². The first-order chi connectivity index (χ1) is 11.3. The Labute approximate surface area is 143 Å². The van der Waals surface area contributed by atoms with Gasteiger partial charge in [0.15, 0.2) is 0 Å². The molecule has 0 saturated carbocycles. The minimum Gasteiger partial charge on any atom is -0.464 e. The summed E-state index contributed by atoms with van der Waals surface area (Å²) < 4.78 is 55.8. The number of methoxy groups -OCH3 is 1. The minimum atomic E-state index is -5.30. The Hall–Kier alpha value is -2.45. The molecule has 0 radical (unpaired) electrons. The first-order valence-corrected chi connectivity index (χ1v) is 7.21. The number of para-hydroxylation sites is 1. The smallest absolute Gasteiger partial charge is 0.461 e. The van der Waals surface area contributed by atoms with Gasteiger partial charge < -0.3 is 14.2 Å². The van der Waals surface area contributed by atoms with E-state index in [0.29, 0.717) is 0 Å². The number of hydrogen-bond acceptors (Lipinski definition) is 5. The summed E-state index contributed by atoms with van der Waals surface area (Å²) in [6.45, 7) is 4.43. The van der Waals surface area contributed by atoms with Gasteiger partial charge in [0.1, 0.15) is 11.4 Å². The van der Waals surface area contributed by atoms with Gasteiger partial charge in [0.2, 0.25) is 0 Å². The molecule has 1 unspecified atom stereocenters. The van der Waals surface area contributed by atoms with Crippen molar-refractivity contribution in [1.29, 1.82) is 0 Å². The molecule has 1 aromatic carbocycles. The fourth-order valence-corrected chi connectivity index (χ4v) is 1.87. The van der Waals surface area contributed by atoms with Crippen LogP contribution >= 0.6 is 0 Å². The molecule has 0 aromatic heterocycles. The maximum Gasteiger partial charge on any atom is 0.461 e. The topological polar surface area (TPSA) is 65.1 Å². The van der Waals surface area contributed by atoms with Gasteiger partial charge in [0, 0.05) is 7.05 Å². The molecule has 6 nitrogen and oxygen atoms in total. The maximum atomic E-state index is 13.9. The second-order valence-corrected chi connectivity index (χ2v) is 6.09. The van der Waals surface area contributed by atoms with Crippen molar-refractivity contribution in [2.24, 2.45) is 0 Å². The zero-order valence-electron chi connectivity index (χ0n) is 14.5. The van der Waals surface area contributed by atoms with Crippen molar-refractivity contribution < 1.29 is 37.0 Å². The molecular formula is C16H20F3NO5. The maximum absolute atomic E-state index is 13.9. The Morgan fingerprint density at radius 3 is 1.96 bits per heavy atom. The number of benzene rings is 1. The standard InChI is InChI=1S/C16H20F3NO5/c1-14(2,3)25-13(22)20(4)15(12(21)23-5,16(17,18)19)24-11-9-7-6-8-10-11/h6-10H,1-5H3. The highest BCUT2D eigenvalue weighted by atomic mass is 19.4. The molecule has 1 atom stereocenters. The molecule has 0 spiro atoms. The number of esters is 1. The van der Waals surface area contributed by atoms with Crippen LogP contribution in [0.15, 0.2) is 30.3 Å². The van der Waals surface area contributed by atoms with Gasteiger partial charge in [0.25, 0.3) is 0 Å². The summed E-state index contributed by atoms with van der Waals surface area (Å²) in [7, 11) is 1.52. The van der Waals surface area contributed by atoms with Crippen molar-refractivity contribution in [3.8, 4) is 5.75 Å². The number of halogens is 3. The van der Waals surface area contributed by atoms with E-state index in [0.717, 1.165) is 14.2 Å². The highest BCUT2D eigenvalue weighted by Crippen LogP contribution is 2.38. The lowest BCUT2D eigenvalue weighted by Gasteiger charge is -2.39. The van der Waals surface area contributed by atoms with Gasteiger partial charge in [0.05, 0.1) is 7.11 Å². The molecule has 0 N–H and O–H groups in total. The lowest BCUT2D eigenvalue weighted by atomic mass is 10.1. The Kier molecular flexibility index (Phi) is 5.93. The summed E-state index contributed by atoms with van der Waals surface area (Å²) in [6, 6.07) is 6.82. The van der Waals surface area contributed by atoms with Crippen molar-refractivity contribution in [2.45, 2.75) is 38.3 Å². The molecule has 0 aliphatic carbocycles. The zero-order chi connectivity index (χ0) is 19.5. The number of carbonyl (C=O) groups is 2. The van der Waals surface area contributed by atoms with Gasteiger partial charge >= 0.3 is 24.0 Å². The third-order valence-electron chi connectivity index (χ3n) is 2.99. The highest BCUT2D eigenvalue weighted by molar-refractivity contribution is 5.85. The van der Waals surface area contributed by atoms with Crippen LogP contribution in [0.1, 0.15) is 20.8 Å². The van der Waals surface area contributed by atoms with Crippen LogP contribution in [0.2, 0.25) is 0 Å². The number of ether oxygens (including phenoxy) is 3. The normalized spacial score (nSPS) is 14.2. The van der Waals surface area contributed by atoms with E-state index in [1.165, 1.54) is 45.0 Å². The SMILES string of the molecule is COC(=O)C(Oc1ccccc1)(N(C)C(=O)OC(C)(C)C)C(F)(F)F. The largest absolute Gasteiger partial charge is 0.464 e. The molecule has 1 rings (SSSR count). The average Bonchev–Trinajstić information content (AvgIpc) is 2.49. The highest BCUT2D eigenvalue weighted by Gasteiger charge is 2.69. The lowest BCUT2D eigenvalue weighted by Crippen LogP contribution is -2.68. The van der Waals surface area contributed by atoms with Crippen molar-refractivity contribution >= 4 is 12.1 Å². The fraction of sp³-hybridized carbons (Fsp3) is 0.500. The number of likely N-dealkylation sites (N-methyl/N-ethyl adjacent to an activating group) is 1. The molecule has 1 amide bonds. The number of rotatable bonds is 4. The third-order valence-corrected chi connectivity index (χ3v) is 2.99. The summed E-state index contributed by atoms with van der Waals surface area (Å²) in [5.41, 5.74) is -4.78. The molecule has 0 bridgehead atoms. The van der Waals surface area contributed by atoms with Crippen LogP contribution in [-0.4, -0.2) is 48.6 Å². The van der Waals surface area contributed by atoms with Crippen LogP contribution in [0.4, 0.5) is 18.0 Å². The molecule has 0 heterocycles. The summed E-state index contributed by atoms with van der Waals surface area (Å²) >= 11 is 0. The summed E-state index contributed by atoms with van der Waals surface area (Å²) in [4.78, 5) is 24.3. The van der Waals surface area contributed by atoms with Crippen molar-refractivity contribution in [2.75, 3.05) is 14.2 Å². The van der Waals surface area contributed by atoms with E-state index < -0.39 is 29.6 Å². The molecule has 9 heteroatoms. The molecule has 25 heavy (non-hydrogen) atoms. The van der Waals surface area contributed by atoms with E-state index >= 15 is 0 Å². The Morgan fingerprint density at radius 1 is 1.04 bits per heavy atom. The molecule has 1 aromatic rings. The second-order valence-electron chi connectivity index (χ2n) is 6.09.